The summed E-state index contributed by atoms with van der Waals surface area (Å²) in [6, 6.07) is 8.67. The minimum absolute atomic E-state index is 0.0305. The summed E-state index contributed by atoms with van der Waals surface area (Å²) in [5, 5.41) is 21.8. The predicted octanol–water partition coefficient (Wildman–Crippen LogP) is 1.92. The molecule has 11 nitrogen and oxygen atoms in total. The first-order valence-electron chi connectivity index (χ1n) is 8.40. The van der Waals surface area contributed by atoms with Gasteiger partial charge in [-0.15, -0.1) is 0 Å². The predicted molar refractivity (Wildman–Crippen MR) is 101 cm³/mol. The van der Waals surface area contributed by atoms with Gasteiger partial charge in [-0.3, -0.25) is 25.0 Å². The summed E-state index contributed by atoms with van der Waals surface area (Å²) in [6.07, 6.45) is 0. The Morgan fingerprint density at radius 1 is 1.00 bits per heavy atom. The Bertz CT molecular complexity index is 1100. The van der Waals surface area contributed by atoms with Crippen LogP contribution in [0.25, 0.3) is 0 Å². The molecule has 0 aromatic heterocycles. The lowest BCUT2D eigenvalue weighted by Crippen LogP contribution is -2.34. The molecule has 12 heteroatoms. The van der Waals surface area contributed by atoms with Crippen LogP contribution in [0.1, 0.15) is 15.9 Å². The molecule has 1 aliphatic heterocycles. The molecule has 1 heterocycles. The first-order chi connectivity index (χ1) is 13.6. The van der Waals surface area contributed by atoms with Gasteiger partial charge < -0.3 is 4.90 Å². The lowest BCUT2D eigenvalue weighted by atomic mass is 10.2. The molecule has 152 valence electrons. The molecule has 0 saturated carbocycles. The summed E-state index contributed by atoms with van der Waals surface area (Å²) in [4.78, 5) is 34.2. The molecule has 3 rings (SSSR count). The first kappa shape index (κ1) is 20.4. The molecule has 1 aliphatic rings. The lowest BCUT2D eigenvalue weighted by molar-refractivity contribution is -0.385. The van der Waals surface area contributed by atoms with Crippen LogP contribution in [0.2, 0.25) is 0 Å². The van der Waals surface area contributed by atoms with Crippen LogP contribution in [0.15, 0.2) is 47.4 Å². The number of aryl methyl sites for hydroxylation is 1. The summed E-state index contributed by atoms with van der Waals surface area (Å²) in [5.74, 6) is -0.465. The van der Waals surface area contributed by atoms with E-state index in [9.17, 15) is 33.4 Å². The molecular formula is C17H16N4O7S. The molecule has 2 aromatic carbocycles. The number of benzene rings is 2. The van der Waals surface area contributed by atoms with E-state index >= 15 is 0 Å². The van der Waals surface area contributed by atoms with Gasteiger partial charge in [0.25, 0.3) is 17.3 Å². The number of nitrogens with zero attached hydrogens (tertiary/aromatic N) is 4. The van der Waals surface area contributed by atoms with Gasteiger partial charge in [-0.05, 0) is 25.1 Å². The fraction of sp³-hybridized carbons (Fsp3) is 0.235. The van der Waals surface area contributed by atoms with Crippen molar-refractivity contribution in [2.75, 3.05) is 19.8 Å². The molecule has 1 amide bonds. The van der Waals surface area contributed by atoms with Crippen molar-refractivity contribution < 1.29 is 23.1 Å². The third kappa shape index (κ3) is 3.93. The molecule has 1 saturated heterocycles. The van der Waals surface area contributed by atoms with Crippen molar-refractivity contribution in [3.8, 4) is 0 Å². The second kappa shape index (κ2) is 7.56. The van der Waals surface area contributed by atoms with E-state index in [0.717, 1.165) is 10.4 Å². The monoisotopic (exact) mass is 420 g/mol. The van der Waals surface area contributed by atoms with Crippen molar-refractivity contribution in [2.24, 2.45) is 0 Å². The van der Waals surface area contributed by atoms with Gasteiger partial charge in [0.1, 0.15) is 0 Å². The maximum absolute atomic E-state index is 12.8. The second-order valence-corrected chi connectivity index (χ2v) is 8.34. The number of hydrogen-bond donors (Lipinski definition) is 0. The van der Waals surface area contributed by atoms with E-state index in [2.05, 4.69) is 0 Å². The van der Waals surface area contributed by atoms with Crippen molar-refractivity contribution in [2.45, 2.75) is 11.8 Å². The number of hydrogen-bond acceptors (Lipinski definition) is 7. The fourth-order valence-electron chi connectivity index (χ4n) is 2.93. The van der Waals surface area contributed by atoms with Crippen molar-refractivity contribution in [1.82, 2.24) is 9.21 Å². The number of amides is 1. The summed E-state index contributed by atoms with van der Waals surface area (Å²) < 4.78 is 26.7. The Hall–Kier alpha value is -3.38. The van der Waals surface area contributed by atoms with E-state index in [1.807, 2.05) is 0 Å². The zero-order chi connectivity index (χ0) is 21.3. The highest BCUT2D eigenvalue weighted by molar-refractivity contribution is 7.89. The van der Waals surface area contributed by atoms with Gasteiger partial charge in [0, 0.05) is 42.4 Å². The van der Waals surface area contributed by atoms with Crippen LogP contribution in [0.3, 0.4) is 0 Å². The molecular weight excluding hydrogens is 404 g/mol. The average molecular weight is 420 g/mol. The van der Waals surface area contributed by atoms with Crippen molar-refractivity contribution >= 4 is 27.3 Å². The lowest BCUT2D eigenvalue weighted by Gasteiger charge is -2.18. The van der Waals surface area contributed by atoms with Gasteiger partial charge in [-0.25, -0.2) is 8.42 Å². The number of nitro benzene ring substituents is 2. The number of carbonyl (C=O) groups is 1. The van der Waals surface area contributed by atoms with E-state index in [-0.39, 0.29) is 41.6 Å². The van der Waals surface area contributed by atoms with E-state index < -0.39 is 25.8 Å². The van der Waals surface area contributed by atoms with Crippen LogP contribution in [0, 0.1) is 27.2 Å². The highest BCUT2D eigenvalue weighted by Crippen LogP contribution is 2.26. The van der Waals surface area contributed by atoms with Crippen molar-refractivity contribution in [3.05, 3.63) is 73.8 Å². The second-order valence-electron chi connectivity index (χ2n) is 6.40. The largest absolute Gasteiger partial charge is 0.323 e. The molecule has 29 heavy (non-hydrogen) atoms. The normalized spacial score (nSPS) is 14.7. The van der Waals surface area contributed by atoms with Gasteiger partial charge in [-0.1, -0.05) is 6.07 Å². The third-order valence-electron chi connectivity index (χ3n) is 4.58. The maximum atomic E-state index is 12.8. The van der Waals surface area contributed by atoms with E-state index in [1.165, 1.54) is 48.2 Å². The summed E-state index contributed by atoms with van der Waals surface area (Å²) in [7, 11) is -4.03. The first-order valence-corrected chi connectivity index (χ1v) is 9.84. The molecule has 0 aliphatic carbocycles. The highest BCUT2D eigenvalue weighted by atomic mass is 32.2. The minimum Gasteiger partial charge on any atom is -0.323 e. The van der Waals surface area contributed by atoms with Crippen LogP contribution in [-0.4, -0.2) is 53.1 Å². The smallest absolute Gasteiger partial charge is 0.273 e. The van der Waals surface area contributed by atoms with Crippen LogP contribution >= 0.6 is 0 Å². The molecule has 1 fully saturated rings. The molecule has 0 radical (unpaired) electrons. The molecule has 0 spiro atoms. The Kier molecular flexibility index (Phi) is 5.31. The van der Waals surface area contributed by atoms with E-state index in [0.29, 0.717) is 5.56 Å². The SMILES string of the molecule is Cc1ccc(S(=O)(=O)N2CCN(C(=O)c3ccc([N+](=O)[O-])cc3)C2)cc1[N+](=O)[O-]. The Morgan fingerprint density at radius 2 is 1.66 bits per heavy atom. The van der Waals surface area contributed by atoms with Gasteiger partial charge in [0.2, 0.25) is 10.0 Å². The zero-order valence-corrected chi connectivity index (χ0v) is 16.0. The number of nitro groups is 2. The number of rotatable bonds is 5. The van der Waals surface area contributed by atoms with E-state index in [1.54, 1.807) is 0 Å². The molecule has 0 N–H and O–H groups in total. The van der Waals surface area contributed by atoms with Crippen molar-refractivity contribution in [1.29, 1.82) is 0 Å². The average Bonchev–Trinajstić information content (AvgIpc) is 3.18. The maximum Gasteiger partial charge on any atom is 0.273 e. The van der Waals surface area contributed by atoms with Gasteiger partial charge in [-0.2, -0.15) is 4.31 Å². The highest BCUT2D eigenvalue weighted by Gasteiger charge is 2.34. The standard InChI is InChI=1S/C17H16N4O7S/c1-12-2-7-15(10-16(12)21(25)26)29(27,28)19-9-8-18(11-19)17(22)13-3-5-14(6-4-13)20(23)24/h2-7,10H,8-9,11H2,1H3. The van der Waals surface area contributed by atoms with E-state index in [4.69, 9.17) is 0 Å². The molecule has 0 atom stereocenters. The quantitative estimate of drug-likeness (QED) is 0.531. The minimum atomic E-state index is -4.03. The molecule has 0 bridgehead atoms. The van der Waals surface area contributed by atoms with Crippen LogP contribution in [-0.2, 0) is 10.0 Å². The Labute approximate surface area is 165 Å². The van der Waals surface area contributed by atoms with Crippen molar-refractivity contribution in [3.63, 3.8) is 0 Å². The van der Waals surface area contributed by atoms with Crippen LogP contribution in [0.4, 0.5) is 11.4 Å². The number of non-ortho nitro benzene ring substituents is 1. The topological polar surface area (TPSA) is 144 Å². The number of carbonyl (C=O) groups excluding carboxylic acids is 1. The summed E-state index contributed by atoms with van der Waals surface area (Å²) in [6.45, 7) is 1.44. The van der Waals surface area contributed by atoms with Gasteiger partial charge in [0.15, 0.2) is 0 Å². The van der Waals surface area contributed by atoms with Crippen LogP contribution in [0.5, 0.6) is 0 Å². The third-order valence-corrected chi connectivity index (χ3v) is 6.40. The molecule has 2 aromatic rings. The summed E-state index contributed by atoms with van der Waals surface area (Å²) in [5.41, 5.74) is 0.0726. The van der Waals surface area contributed by atoms with Gasteiger partial charge >= 0.3 is 0 Å². The number of sulfonamides is 1. The molecule has 0 unspecified atom stereocenters. The van der Waals surface area contributed by atoms with Gasteiger partial charge in [0.05, 0.1) is 21.4 Å². The summed E-state index contributed by atoms with van der Waals surface area (Å²) >= 11 is 0. The fourth-order valence-corrected chi connectivity index (χ4v) is 4.34. The Morgan fingerprint density at radius 3 is 2.24 bits per heavy atom. The van der Waals surface area contributed by atoms with Crippen LogP contribution < -0.4 is 0 Å². The Balaban J connectivity index is 1.79. The zero-order valence-electron chi connectivity index (χ0n) is 15.2.